The molecule has 0 aliphatic heterocycles. The molecule has 0 spiro atoms. The summed E-state index contributed by atoms with van der Waals surface area (Å²) in [7, 11) is 0. The van der Waals surface area contributed by atoms with Crippen LogP contribution in [0, 0.1) is 0 Å². The summed E-state index contributed by atoms with van der Waals surface area (Å²) in [5.41, 5.74) is 0. The Morgan fingerprint density at radius 2 is 1.18 bits per heavy atom. The van der Waals surface area contributed by atoms with E-state index in [4.69, 9.17) is 81.2 Å². The van der Waals surface area contributed by atoms with Crippen molar-refractivity contribution in [2.75, 3.05) is 5.88 Å². The fourth-order valence-corrected chi connectivity index (χ4v) is 1.55. The van der Waals surface area contributed by atoms with Gasteiger partial charge in [0.2, 0.25) is 7.59 Å². The molecule has 0 atom stereocenters. The van der Waals surface area contributed by atoms with Crippen LogP contribution in [0.5, 0.6) is 0 Å². The lowest BCUT2D eigenvalue weighted by Crippen LogP contribution is -2.18. The summed E-state index contributed by atoms with van der Waals surface area (Å²) in [5.74, 6) is 0.346. The van der Waals surface area contributed by atoms with Gasteiger partial charge in [0.25, 0.3) is 0 Å². The van der Waals surface area contributed by atoms with Crippen molar-refractivity contribution in [3.8, 4) is 0 Å². The van der Waals surface area contributed by atoms with Gasteiger partial charge in [0.1, 0.15) is 5.82 Å². The van der Waals surface area contributed by atoms with E-state index in [0.29, 0.717) is 6.42 Å². The Morgan fingerprint density at radius 1 is 0.765 bits per heavy atom. The maximum Gasteiger partial charge on any atom is 0.250 e. The van der Waals surface area contributed by atoms with Crippen LogP contribution < -0.4 is 0 Å². The molecule has 0 radical (unpaired) electrons. The Hall–Kier alpha value is 1.04. The van der Waals surface area contributed by atoms with Gasteiger partial charge in [-0.15, -0.1) is 11.6 Å². The van der Waals surface area contributed by atoms with Crippen molar-refractivity contribution in [2.45, 2.75) is 14.0 Å². The molecule has 0 bridgehead atoms. The van der Waals surface area contributed by atoms with Crippen LogP contribution >= 0.6 is 81.2 Å². The van der Waals surface area contributed by atoms with E-state index in [9.17, 15) is 0 Å². The van der Waals surface area contributed by atoms with Crippen molar-refractivity contribution in [2.24, 2.45) is 0 Å². The van der Waals surface area contributed by atoms with Gasteiger partial charge in [-0.25, -0.2) is 15.0 Å². The lowest BCUT2D eigenvalue weighted by atomic mass is 10.4. The molecule has 1 aromatic rings. The molecule has 0 unspecified atom stereocenters. The summed E-state index contributed by atoms with van der Waals surface area (Å²) in [5, 5.41) is 0. The maximum absolute atomic E-state index is 5.67. The number of aromatic nitrogens is 3. The lowest BCUT2D eigenvalue weighted by Gasteiger charge is -2.15. The molecular formula is C7H4Cl7N3. The first kappa shape index (κ1) is 16.1. The molecule has 1 heterocycles. The highest BCUT2D eigenvalue weighted by molar-refractivity contribution is 6.67. The summed E-state index contributed by atoms with van der Waals surface area (Å²) >= 11 is 39.6. The Morgan fingerprint density at radius 3 is 1.47 bits per heavy atom. The number of halogens is 7. The van der Waals surface area contributed by atoms with E-state index >= 15 is 0 Å². The normalized spacial score (nSPS) is 12.9. The summed E-state index contributed by atoms with van der Waals surface area (Å²) in [6.07, 6.45) is 0.339. The van der Waals surface area contributed by atoms with Crippen molar-refractivity contribution < 1.29 is 0 Å². The smallest absolute Gasteiger partial charge is 0.213 e. The number of rotatable bonds is 2. The highest BCUT2D eigenvalue weighted by atomic mass is 35.6. The van der Waals surface area contributed by atoms with Crippen LogP contribution in [0.25, 0.3) is 0 Å². The van der Waals surface area contributed by atoms with Crippen molar-refractivity contribution in [1.82, 2.24) is 15.0 Å². The second-order valence-electron chi connectivity index (χ2n) is 2.83. The number of hydrogen-bond acceptors (Lipinski definition) is 3. The van der Waals surface area contributed by atoms with Gasteiger partial charge < -0.3 is 0 Å². The number of hydrogen-bond donors (Lipinski definition) is 0. The number of alkyl halides is 7. The average molecular weight is 378 g/mol. The van der Waals surface area contributed by atoms with Crippen molar-refractivity contribution >= 4 is 81.2 Å². The van der Waals surface area contributed by atoms with Crippen LogP contribution in [0.15, 0.2) is 0 Å². The van der Waals surface area contributed by atoms with Crippen LogP contribution in [0.3, 0.4) is 0 Å². The quantitative estimate of drug-likeness (QED) is 0.720. The van der Waals surface area contributed by atoms with E-state index in [2.05, 4.69) is 15.0 Å². The van der Waals surface area contributed by atoms with Gasteiger partial charge >= 0.3 is 0 Å². The predicted octanol–water partition coefficient (Wildman–Crippen LogP) is 4.31. The predicted molar refractivity (Wildman–Crippen MR) is 72.7 cm³/mol. The molecule has 3 nitrogen and oxygen atoms in total. The van der Waals surface area contributed by atoms with Crippen LogP contribution in [-0.4, -0.2) is 20.8 Å². The van der Waals surface area contributed by atoms with Gasteiger partial charge in [-0.1, -0.05) is 69.6 Å². The van der Waals surface area contributed by atoms with E-state index in [0.717, 1.165) is 0 Å². The van der Waals surface area contributed by atoms with Gasteiger partial charge in [0.05, 0.1) is 0 Å². The minimum Gasteiger partial charge on any atom is -0.213 e. The summed E-state index contributed by atoms with van der Waals surface area (Å²) in [6, 6.07) is 0. The largest absolute Gasteiger partial charge is 0.250 e. The fraction of sp³-hybridized carbons (Fsp3) is 0.571. The zero-order valence-corrected chi connectivity index (χ0v) is 13.2. The monoisotopic (exact) mass is 375 g/mol. The molecule has 1 rings (SSSR count). The minimum absolute atomic E-state index is 0.112. The summed E-state index contributed by atoms with van der Waals surface area (Å²) < 4.78 is -3.65. The zero-order valence-electron chi connectivity index (χ0n) is 7.90. The van der Waals surface area contributed by atoms with E-state index in [1.54, 1.807) is 0 Å². The van der Waals surface area contributed by atoms with Crippen LogP contribution in [-0.2, 0) is 14.0 Å². The third-order valence-corrected chi connectivity index (χ3v) is 2.71. The highest BCUT2D eigenvalue weighted by Gasteiger charge is 2.33. The first-order valence-corrected chi connectivity index (χ1v) is 6.90. The first-order chi connectivity index (χ1) is 7.64. The zero-order chi connectivity index (χ0) is 13.3. The second-order valence-corrected chi connectivity index (χ2v) is 7.77. The molecule has 96 valence electrons. The topological polar surface area (TPSA) is 38.7 Å². The Bertz CT molecular complexity index is 365. The average Bonchev–Trinajstić information content (AvgIpc) is 2.15. The van der Waals surface area contributed by atoms with E-state index < -0.39 is 7.59 Å². The van der Waals surface area contributed by atoms with Gasteiger partial charge in [-0.3, -0.25) is 0 Å². The van der Waals surface area contributed by atoms with E-state index in [1.807, 2.05) is 0 Å². The maximum atomic E-state index is 5.67. The molecule has 0 N–H and O–H groups in total. The number of nitrogens with zero attached hydrogens (tertiary/aromatic N) is 3. The molecule has 0 saturated heterocycles. The SMILES string of the molecule is ClCCc1nc(C(Cl)(Cl)Cl)nc(C(Cl)(Cl)Cl)n1. The molecule has 0 aromatic carbocycles. The highest BCUT2D eigenvalue weighted by Crippen LogP contribution is 2.39. The molecule has 0 fully saturated rings. The van der Waals surface area contributed by atoms with Gasteiger partial charge in [-0.2, -0.15) is 0 Å². The molecule has 1 aromatic heterocycles. The Kier molecular flexibility index (Phi) is 5.68. The van der Waals surface area contributed by atoms with Crippen molar-refractivity contribution in [1.29, 1.82) is 0 Å². The van der Waals surface area contributed by atoms with Gasteiger partial charge in [-0.05, 0) is 0 Å². The lowest BCUT2D eigenvalue weighted by molar-refractivity contribution is 0.784. The van der Waals surface area contributed by atoms with Gasteiger partial charge in [0, 0.05) is 12.3 Å². The molecule has 0 aliphatic carbocycles. The third-order valence-electron chi connectivity index (χ3n) is 1.51. The van der Waals surface area contributed by atoms with Gasteiger partial charge in [0.15, 0.2) is 11.6 Å². The molecular weight excluding hydrogens is 374 g/mol. The second kappa shape index (κ2) is 6.00. The molecule has 0 saturated carbocycles. The standard InChI is InChI=1S/C7H4Cl7N3/c8-2-1-3-15-4(6(9,10)11)17-5(16-3)7(12,13)14/h1-2H2. The fourth-order valence-electron chi connectivity index (χ4n) is 0.870. The van der Waals surface area contributed by atoms with Crippen LogP contribution in [0.1, 0.15) is 17.5 Å². The van der Waals surface area contributed by atoms with E-state index in [1.165, 1.54) is 0 Å². The minimum atomic E-state index is -1.82. The van der Waals surface area contributed by atoms with Crippen LogP contribution in [0.4, 0.5) is 0 Å². The first-order valence-electron chi connectivity index (χ1n) is 4.10. The molecule has 10 heteroatoms. The van der Waals surface area contributed by atoms with Crippen LogP contribution in [0.2, 0.25) is 0 Å². The number of aryl methyl sites for hydroxylation is 1. The summed E-state index contributed by atoms with van der Waals surface area (Å²) in [4.78, 5) is 11.7. The van der Waals surface area contributed by atoms with Crippen molar-refractivity contribution in [3.05, 3.63) is 17.5 Å². The molecule has 0 amide bonds. The molecule has 0 aliphatic rings. The van der Waals surface area contributed by atoms with Crippen molar-refractivity contribution in [3.63, 3.8) is 0 Å². The third kappa shape index (κ3) is 4.90. The van der Waals surface area contributed by atoms with E-state index in [-0.39, 0.29) is 23.4 Å². The Balaban J connectivity index is 3.29. The Labute approximate surface area is 133 Å². The molecule has 17 heavy (non-hydrogen) atoms. The summed E-state index contributed by atoms with van der Waals surface area (Å²) in [6.45, 7) is 0.